The number of nitrogens with zero attached hydrogens (tertiary/aromatic N) is 5. The van der Waals surface area contributed by atoms with Crippen molar-refractivity contribution in [3.05, 3.63) is 106 Å². The number of amides is 1. The van der Waals surface area contributed by atoms with E-state index >= 15 is 0 Å². The molecule has 0 bridgehead atoms. The van der Waals surface area contributed by atoms with Crippen LogP contribution in [0, 0.1) is 22.5 Å². The second kappa shape index (κ2) is 16.7. The fourth-order valence-corrected chi connectivity index (χ4v) is 11.4. The van der Waals surface area contributed by atoms with E-state index in [0.29, 0.717) is 48.7 Å². The molecule has 1 saturated carbocycles. The van der Waals surface area contributed by atoms with Gasteiger partial charge in [-0.2, -0.15) is 0 Å². The predicted octanol–water partition coefficient (Wildman–Crippen LogP) is 6.78. The second-order valence-electron chi connectivity index (χ2n) is 17.7. The Bertz CT molecular complexity index is 2650. The molecule has 10 rings (SSSR count). The minimum absolute atomic E-state index is 0.0134. The maximum atomic E-state index is 14.0. The molecule has 4 fully saturated rings. The van der Waals surface area contributed by atoms with Crippen molar-refractivity contribution in [1.82, 2.24) is 24.5 Å². The summed E-state index contributed by atoms with van der Waals surface area (Å²) in [4.78, 5) is 39.9. The summed E-state index contributed by atoms with van der Waals surface area (Å²) in [5.74, 6) is -0.435. The molecular formula is C46H52N8O8S. The van der Waals surface area contributed by atoms with E-state index in [4.69, 9.17) is 14.2 Å². The molecule has 1 spiro atoms. The van der Waals surface area contributed by atoms with Gasteiger partial charge < -0.3 is 29.4 Å². The van der Waals surface area contributed by atoms with Gasteiger partial charge in [-0.3, -0.25) is 24.7 Å². The summed E-state index contributed by atoms with van der Waals surface area (Å²) in [6, 6.07) is 20.6. The number of morpholine rings is 1. The van der Waals surface area contributed by atoms with Gasteiger partial charge in [-0.1, -0.05) is 24.3 Å². The number of pyridine rings is 1. The number of anilines is 2. The highest BCUT2D eigenvalue weighted by Gasteiger charge is 2.50. The second-order valence-corrected chi connectivity index (χ2v) is 19.4. The molecule has 16 nitrogen and oxygen atoms in total. The number of H-pyrrole nitrogens is 1. The van der Waals surface area contributed by atoms with E-state index in [0.717, 1.165) is 62.7 Å². The van der Waals surface area contributed by atoms with Crippen LogP contribution >= 0.6 is 0 Å². The van der Waals surface area contributed by atoms with Crippen molar-refractivity contribution in [3.8, 4) is 17.2 Å². The van der Waals surface area contributed by atoms with Gasteiger partial charge in [0.1, 0.15) is 23.8 Å². The number of nitro benzene ring substituents is 1. The van der Waals surface area contributed by atoms with Gasteiger partial charge >= 0.3 is 0 Å². The van der Waals surface area contributed by atoms with E-state index in [1.807, 2.05) is 12.1 Å². The number of aromatic nitrogens is 2. The van der Waals surface area contributed by atoms with E-state index in [-0.39, 0.29) is 35.4 Å². The molecule has 330 valence electrons. The van der Waals surface area contributed by atoms with Crippen molar-refractivity contribution in [2.75, 3.05) is 69.3 Å². The van der Waals surface area contributed by atoms with Crippen LogP contribution in [0.3, 0.4) is 0 Å². The number of hydrogen-bond donors (Lipinski definition) is 3. The Hall–Kier alpha value is -5.75. The third-order valence-electron chi connectivity index (χ3n) is 13.8. The number of nitrogens with one attached hydrogen (secondary N) is 3. The Kier molecular flexibility index (Phi) is 11.0. The standard InChI is InChI=1S/C46H52N8O8S/c1-30-5-2-3-6-37(30)39-7-4-14-53(39)34-25-46(26-34)11-15-52(16-12-46)33-8-9-38(41(22-33)62-35-21-31-10-13-47-44(31)48-27-35)45(55)50-63(58,59)36-23-40(54(56)57)43-42(24-36)61-29-32(49-43)28-51-17-19-60-20-18-51/h2-3,5-6,8-10,13,21-24,27,32,34,39,49H,4,7,11-12,14-20,25-26,28-29H2,1H3,(H,47,48)(H,50,55)/t32-,39+/m1/s1. The van der Waals surface area contributed by atoms with Gasteiger partial charge in [0.2, 0.25) is 0 Å². The highest BCUT2D eigenvalue weighted by Crippen LogP contribution is 2.54. The summed E-state index contributed by atoms with van der Waals surface area (Å²) in [6.07, 6.45) is 10.3. The topological polar surface area (TPSA) is 184 Å². The van der Waals surface area contributed by atoms with E-state index < -0.39 is 31.4 Å². The summed E-state index contributed by atoms with van der Waals surface area (Å²) in [6.45, 7) is 8.45. The number of hydrogen-bond acceptors (Lipinski definition) is 13. The number of carbonyl (C=O) groups is 1. The van der Waals surface area contributed by atoms with Crippen molar-refractivity contribution in [3.63, 3.8) is 0 Å². The fraction of sp³-hybridized carbons (Fsp3) is 0.435. The molecule has 0 unspecified atom stereocenters. The summed E-state index contributed by atoms with van der Waals surface area (Å²) >= 11 is 0. The zero-order valence-corrected chi connectivity index (χ0v) is 36.1. The number of carbonyl (C=O) groups excluding carboxylic acids is 1. The first-order valence-electron chi connectivity index (χ1n) is 21.9. The average molecular weight is 877 g/mol. The van der Waals surface area contributed by atoms with Crippen LogP contribution in [0.2, 0.25) is 0 Å². The molecule has 2 atom stereocenters. The van der Waals surface area contributed by atoms with Crippen LogP contribution < -0.4 is 24.4 Å². The van der Waals surface area contributed by atoms with Gasteiger partial charge in [-0.15, -0.1) is 0 Å². The van der Waals surface area contributed by atoms with E-state index in [9.17, 15) is 23.3 Å². The van der Waals surface area contributed by atoms with Gasteiger partial charge in [0.05, 0.1) is 40.8 Å². The maximum absolute atomic E-state index is 14.0. The lowest BCUT2D eigenvalue weighted by Crippen LogP contribution is -2.54. The van der Waals surface area contributed by atoms with E-state index in [2.05, 4.69) is 65.9 Å². The summed E-state index contributed by atoms with van der Waals surface area (Å²) in [5.41, 5.74) is 4.25. The molecule has 1 aliphatic carbocycles. The Morgan fingerprint density at radius 1 is 1.03 bits per heavy atom. The molecule has 17 heteroatoms. The van der Waals surface area contributed by atoms with Crippen LogP contribution in [-0.2, 0) is 14.8 Å². The molecule has 5 aliphatic rings. The first kappa shape index (κ1) is 41.3. The first-order chi connectivity index (χ1) is 30.5. The molecule has 6 heterocycles. The molecule has 1 amide bonds. The third kappa shape index (κ3) is 8.30. The summed E-state index contributed by atoms with van der Waals surface area (Å²) < 4.78 is 47.6. The lowest BCUT2D eigenvalue weighted by molar-refractivity contribution is -0.384. The molecule has 3 aromatic carbocycles. The minimum Gasteiger partial charge on any atom is -0.489 e. The quantitative estimate of drug-likeness (QED) is 0.0933. The lowest BCUT2D eigenvalue weighted by Gasteiger charge is -2.56. The fourth-order valence-electron chi connectivity index (χ4n) is 10.4. The number of fused-ring (bicyclic) bond motifs is 2. The van der Waals surface area contributed by atoms with Crippen molar-refractivity contribution >= 4 is 44.0 Å². The number of ether oxygens (including phenoxy) is 3. The zero-order valence-electron chi connectivity index (χ0n) is 35.3. The third-order valence-corrected chi connectivity index (χ3v) is 15.1. The summed E-state index contributed by atoms with van der Waals surface area (Å²) in [5, 5.41) is 16.3. The highest BCUT2D eigenvalue weighted by molar-refractivity contribution is 7.90. The normalized spacial score (nSPS) is 21.6. The summed E-state index contributed by atoms with van der Waals surface area (Å²) in [7, 11) is -4.64. The molecular weight excluding hydrogens is 825 g/mol. The number of rotatable bonds is 11. The number of aromatic amines is 1. The molecule has 3 saturated heterocycles. The SMILES string of the molecule is Cc1ccccc1[C@@H]1CCCN1C1CC2(CCN(c3ccc(C(=O)NS(=O)(=O)c4cc5c(c([N+](=O)[O-])c4)N[C@H](CN4CCOCC4)CO5)c(Oc4cnc5[nH]ccc5c4)c3)CC2)C1. The number of likely N-dealkylation sites (tertiary alicyclic amines) is 1. The van der Waals surface area contributed by atoms with Crippen LogP contribution in [0.4, 0.5) is 17.1 Å². The van der Waals surface area contributed by atoms with Crippen molar-refractivity contribution in [2.45, 2.75) is 68.5 Å². The van der Waals surface area contributed by atoms with E-state index in [1.165, 1.54) is 49.1 Å². The molecule has 63 heavy (non-hydrogen) atoms. The van der Waals surface area contributed by atoms with Crippen molar-refractivity contribution in [2.24, 2.45) is 5.41 Å². The highest BCUT2D eigenvalue weighted by atomic mass is 32.2. The van der Waals surface area contributed by atoms with Gasteiger partial charge in [0, 0.05) is 80.3 Å². The molecule has 3 N–H and O–H groups in total. The van der Waals surface area contributed by atoms with Crippen LogP contribution in [0.15, 0.2) is 84.0 Å². The Morgan fingerprint density at radius 2 is 1.84 bits per heavy atom. The zero-order chi connectivity index (χ0) is 43.3. The van der Waals surface area contributed by atoms with E-state index in [1.54, 1.807) is 24.4 Å². The van der Waals surface area contributed by atoms with Crippen LogP contribution in [0.1, 0.15) is 66.1 Å². The number of aryl methyl sites for hydroxylation is 1. The minimum atomic E-state index is -4.64. The Labute approximate surface area is 366 Å². The molecule has 0 radical (unpaired) electrons. The number of piperidine rings is 1. The molecule has 5 aromatic rings. The smallest absolute Gasteiger partial charge is 0.297 e. The van der Waals surface area contributed by atoms with Gasteiger partial charge in [-0.25, -0.2) is 18.1 Å². The monoisotopic (exact) mass is 876 g/mol. The predicted molar refractivity (Wildman–Crippen MR) is 237 cm³/mol. The van der Waals surface area contributed by atoms with Crippen LogP contribution in [0.25, 0.3) is 11.0 Å². The Morgan fingerprint density at radius 3 is 2.63 bits per heavy atom. The van der Waals surface area contributed by atoms with Crippen molar-refractivity contribution in [1.29, 1.82) is 0 Å². The largest absolute Gasteiger partial charge is 0.489 e. The van der Waals surface area contributed by atoms with Crippen molar-refractivity contribution < 1.29 is 32.3 Å². The number of sulfonamides is 1. The lowest BCUT2D eigenvalue weighted by atomic mass is 9.59. The maximum Gasteiger partial charge on any atom is 0.297 e. The van der Waals surface area contributed by atoms with Crippen LogP contribution in [-0.4, -0.2) is 110 Å². The van der Waals surface area contributed by atoms with Gasteiger partial charge in [0.15, 0.2) is 11.4 Å². The van der Waals surface area contributed by atoms with Gasteiger partial charge in [0.25, 0.3) is 21.6 Å². The molecule has 2 aromatic heterocycles. The first-order valence-corrected chi connectivity index (χ1v) is 23.4. The number of benzene rings is 3. The Balaban J connectivity index is 0.857. The molecule has 4 aliphatic heterocycles. The number of nitro groups is 1. The average Bonchev–Trinajstić information content (AvgIpc) is 3.96. The van der Waals surface area contributed by atoms with Gasteiger partial charge in [-0.05, 0) is 92.8 Å². The van der Waals surface area contributed by atoms with Crippen LogP contribution in [0.5, 0.6) is 17.2 Å².